The van der Waals surface area contributed by atoms with E-state index >= 15 is 0 Å². The molecular formula is C14H22N4O. The monoisotopic (exact) mass is 262 g/mol. The predicted molar refractivity (Wildman–Crippen MR) is 75.9 cm³/mol. The first-order valence-corrected chi connectivity index (χ1v) is 6.85. The molecule has 0 spiro atoms. The van der Waals surface area contributed by atoms with Crippen molar-refractivity contribution in [2.24, 2.45) is 5.73 Å². The quantitative estimate of drug-likeness (QED) is 0.829. The summed E-state index contributed by atoms with van der Waals surface area (Å²) in [6, 6.07) is 1.92. The molecule has 1 amide bonds. The summed E-state index contributed by atoms with van der Waals surface area (Å²) < 4.78 is 0. The zero-order chi connectivity index (χ0) is 13.8. The molecule has 3 N–H and O–H groups in total. The number of nitrogens with zero attached hydrogens (tertiary/aromatic N) is 2. The lowest BCUT2D eigenvalue weighted by Crippen LogP contribution is -2.41. The van der Waals surface area contributed by atoms with E-state index in [0.29, 0.717) is 0 Å². The minimum absolute atomic E-state index is 0.203. The summed E-state index contributed by atoms with van der Waals surface area (Å²) in [5.41, 5.74) is 7.72. The first-order valence-electron chi connectivity index (χ1n) is 6.85. The molecule has 2 heterocycles. The number of amides is 1. The maximum absolute atomic E-state index is 11.4. The third kappa shape index (κ3) is 3.04. The fourth-order valence-electron chi connectivity index (χ4n) is 2.61. The predicted octanol–water partition coefficient (Wildman–Crippen LogP) is 0.954. The second-order valence-electron chi connectivity index (χ2n) is 5.02. The zero-order valence-electron chi connectivity index (χ0n) is 11.6. The zero-order valence-corrected chi connectivity index (χ0v) is 11.6. The Balaban J connectivity index is 2.18. The SMILES string of the molecule is CCNCc1cnc(N2CCCC2C(N)=O)c(C)c1. The van der Waals surface area contributed by atoms with Crippen LogP contribution in [0.3, 0.4) is 0 Å². The van der Waals surface area contributed by atoms with Gasteiger partial charge in [-0.15, -0.1) is 0 Å². The van der Waals surface area contributed by atoms with E-state index in [1.165, 1.54) is 0 Å². The molecule has 104 valence electrons. The number of aryl methyl sites for hydroxylation is 1. The van der Waals surface area contributed by atoms with Crippen molar-refractivity contribution in [3.05, 3.63) is 23.4 Å². The molecule has 1 unspecified atom stereocenters. The first kappa shape index (κ1) is 13.8. The second-order valence-corrected chi connectivity index (χ2v) is 5.02. The third-order valence-corrected chi connectivity index (χ3v) is 3.54. The fraction of sp³-hybridized carbons (Fsp3) is 0.571. The Bertz CT molecular complexity index is 461. The number of primary amides is 1. The Morgan fingerprint density at radius 3 is 3.05 bits per heavy atom. The molecule has 1 saturated heterocycles. The molecule has 1 atom stereocenters. The molecule has 0 saturated carbocycles. The number of aromatic nitrogens is 1. The Morgan fingerprint density at radius 2 is 2.42 bits per heavy atom. The number of hydrogen-bond donors (Lipinski definition) is 2. The van der Waals surface area contributed by atoms with Crippen molar-refractivity contribution in [1.82, 2.24) is 10.3 Å². The van der Waals surface area contributed by atoms with Crippen LogP contribution >= 0.6 is 0 Å². The molecule has 2 rings (SSSR count). The van der Waals surface area contributed by atoms with Gasteiger partial charge in [-0.25, -0.2) is 4.98 Å². The standard InChI is InChI=1S/C14H22N4O/c1-3-16-8-11-7-10(2)14(17-9-11)18-6-4-5-12(18)13(15)19/h7,9,12,16H,3-6,8H2,1-2H3,(H2,15,19). The van der Waals surface area contributed by atoms with Crippen LogP contribution in [0.1, 0.15) is 30.9 Å². The van der Waals surface area contributed by atoms with E-state index in [-0.39, 0.29) is 11.9 Å². The minimum atomic E-state index is -0.254. The number of carbonyl (C=O) groups is 1. The van der Waals surface area contributed by atoms with Crippen LogP contribution in [-0.4, -0.2) is 30.0 Å². The molecule has 0 aliphatic carbocycles. The second kappa shape index (κ2) is 6.02. The molecule has 5 nitrogen and oxygen atoms in total. The van der Waals surface area contributed by atoms with Crippen LogP contribution in [-0.2, 0) is 11.3 Å². The van der Waals surface area contributed by atoms with Crippen molar-refractivity contribution in [3.8, 4) is 0 Å². The highest BCUT2D eigenvalue weighted by Crippen LogP contribution is 2.26. The average molecular weight is 262 g/mol. The van der Waals surface area contributed by atoms with Crippen molar-refractivity contribution >= 4 is 11.7 Å². The van der Waals surface area contributed by atoms with Crippen LogP contribution < -0.4 is 16.0 Å². The summed E-state index contributed by atoms with van der Waals surface area (Å²) in [6.45, 7) is 6.74. The summed E-state index contributed by atoms with van der Waals surface area (Å²) in [5.74, 6) is 0.636. The van der Waals surface area contributed by atoms with Crippen LogP contribution in [0.15, 0.2) is 12.3 Å². The lowest BCUT2D eigenvalue weighted by Gasteiger charge is -2.25. The van der Waals surface area contributed by atoms with Gasteiger partial charge in [0.2, 0.25) is 5.91 Å². The van der Waals surface area contributed by atoms with Gasteiger partial charge in [-0.05, 0) is 43.5 Å². The normalized spacial score (nSPS) is 18.8. The number of nitrogens with one attached hydrogen (secondary N) is 1. The van der Waals surface area contributed by atoms with Crippen molar-refractivity contribution in [2.45, 2.75) is 39.3 Å². The molecule has 0 radical (unpaired) electrons. The number of nitrogens with two attached hydrogens (primary N) is 1. The fourth-order valence-corrected chi connectivity index (χ4v) is 2.61. The highest BCUT2D eigenvalue weighted by molar-refractivity contribution is 5.84. The smallest absolute Gasteiger partial charge is 0.240 e. The molecule has 1 aliphatic rings. The summed E-state index contributed by atoms with van der Waals surface area (Å²) in [7, 11) is 0. The van der Waals surface area contributed by atoms with E-state index in [9.17, 15) is 4.79 Å². The number of rotatable bonds is 5. The van der Waals surface area contributed by atoms with E-state index in [1.54, 1.807) is 0 Å². The van der Waals surface area contributed by atoms with Gasteiger partial charge in [0.05, 0.1) is 0 Å². The minimum Gasteiger partial charge on any atom is -0.368 e. The summed E-state index contributed by atoms with van der Waals surface area (Å²) >= 11 is 0. The number of pyridine rings is 1. The number of carbonyl (C=O) groups excluding carboxylic acids is 1. The number of anilines is 1. The van der Waals surface area contributed by atoms with Gasteiger partial charge in [0, 0.05) is 19.3 Å². The van der Waals surface area contributed by atoms with Crippen molar-refractivity contribution in [3.63, 3.8) is 0 Å². The van der Waals surface area contributed by atoms with Crippen molar-refractivity contribution in [1.29, 1.82) is 0 Å². The maximum Gasteiger partial charge on any atom is 0.240 e. The van der Waals surface area contributed by atoms with Crippen LogP contribution in [0.4, 0.5) is 5.82 Å². The summed E-state index contributed by atoms with van der Waals surface area (Å²) in [5, 5.41) is 3.28. The highest BCUT2D eigenvalue weighted by atomic mass is 16.1. The lowest BCUT2D eigenvalue weighted by molar-refractivity contribution is -0.119. The van der Waals surface area contributed by atoms with Crippen LogP contribution in [0.2, 0.25) is 0 Å². The van der Waals surface area contributed by atoms with Gasteiger partial charge in [0.1, 0.15) is 11.9 Å². The Hall–Kier alpha value is -1.62. The third-order valence-electron chi connectivity index (χ3n) is 3.54. The molecule has 5 heteroatoms. The number of hydrogen-bond acceptors (Lipinski definition) is 4. The molecule has 1 aliphatic heterocycles. The van der Waals surface area contributed by atoms with Gasteiger partial charge in [0.15, 0.2) is 0 Å². The van der Waals surface area contributed by atoms with E-state index in [4.69, 9.17) is 5.73 Å². The van der Waals surface area contributed by atoms with Gasteiger partial charge >= 0.3 is 0 Å². The van der Waals surface area contributed by atoms with Gasteiger partial charge in [-0.2, -0.15) is 0 Å². The van der Waals surface area contributed by atoms with Gasteiger partial charge in [-0.3, -0.25) is 4.79 Å². The van der Waals surface area contributed by atoms with Crippen molar-refractivity contribution in [2.75, 3.05) is 18.0 Å². The molecular weight excluding hydrogens is 240 g/mol. The molecule has 0 bridgehead atoms. The lowest BCUT2D eigenvalue weighted by atomic mass is 10.1. The average Bonchev–Trinajstić information content (AvgIpc) is 2.85. The topological polar surface area (TPSA) is 71.2 Å². The Labute approximate surface area is 114 Å². The molecule has 19 heavy (non-hydrogen) atoms. The van der Waals surface area contributed by atoms with Gasteiger partial charge < -0.3 is 16.0 Å². The van der Waals surface area contributed by atoms with E-state index in [0.717, 1.165) is 49.4 Å². The molecule has 0 aromatic carbocycles. The Kier molecular flexibility index (Phi) is 4.37. The first-order chi connectivity index (χ1) is 9.13. The van der Waals surface area contributed by atoms with E-state index < -0.39 is 0 Å². The Morgan fingerprint density at radius 1 is 1.63 bits per heavy atom. The van der Waals surface area contributed by atoms with Gasteiger partial charge in [-0.1, -0.05) is 6.92 Å². The molecule has 1 aromatic rings. The summed E-state index contributed by atoms with van der Waals surface area (Å²) in [6.07, 6.45) is 3.70. The maximum atomic E-state index is 11.4. The summed E-state index contributed by atoms with van der Waals surface area (Å²) in [4.78, 5) is 18.0. The van der Waals surface area contributed by atoms with Crippen LogP contribution in [0, 0.1) is 6.92 Å². The van der Waals surface area contributed by atoms with Crippen LogP contribution in [0.25, 0.3) is 0 Å². The van der Waals surface area contributed by atoms with E-state index in [1.807, 2.05) is 18.0 Å². The van der Waals surface area contributed by atoms with Gasteiger partial charge in [0.25, 0.3) is 0 Å². The van der Waals surface area contributed by atoms with Crippen LogP contribution in [0.5, 0.6) is 0 Å². The van der Waals surface area contributed by atoms with E-state index in [2.05, 4.69) is 23.3 Å². The molecule has 1 aromatic heterocycles. The highest BCUT2D eigenvalue weighted by Gasteiger charge is 2.30. The van der Waals surface area contributed by atoms with Crippen molar-refractivity contribution < 1.29 is 4.79 Å². The largest absolute Gasteiger partial charge is 0.368 e. The molecule has 1 fully saturated rings.